The maximum absolute atomic E-state index is 12.1. The zero-order chi connectivity index (χ0) is 14.7. The van der Waals surface area contributed by atoms with Gasteiger partial charge in [0.15, 0.2) is 11.5 Å². The number of fused-ring (bicyclic) bond motifs is 1. The smallest absolute Gasteiger partial charge is 0.264 e. The Kier molecular flexibility index (Phi) is 4.29. The van der Waals surface area contributed by atoms with Gasteiger partial charge in [-0.1, -0.05) is 12.1 Å². The summed E-state index contributed by atoms with van der Waals surface area (Å²) in [6.45, 7) is 0.888. The lowest BCUT2D eigenvalue weighted by Crippen LogP contribution is -2.45. The molecule has 1 fully saturated rings. The highest BCUT2D eigenvalue weighted by Gasteiger charge is 2.28. The number of aliphatic hydroxyl groups excluding tert-OH is 1. The van der Waals surface area contributed by atoms with E-state index in [0.29, 0.717) is 24.0 Å². The molecule has 1 unspecified atom stereocenters. The van der Waals surface area contributed by atoms with E-state index >= 15 is 0 Å². The second kappa shape index (κ2) is 6.35. The van der Waals surface area contributed by atoms with Crippen LogP contribution in [-0.4, -0.2) is 36.4 Å². The van der Waals surface area contributed by atoms with Crippen molar-refractivity contribution in [3.8, 4) is 11.5 Å². The molecule has 0 radical (unpaired) electrons. The molecule has 0 saturated heterocycles. The van der Waals surface area contributed by atoms with Crippen LogP contribution in [0.4, 0.5) is 0 Å². The molecule has 5 nitrogen and oxygen atoms in total. The maximum Gasteiger partial charge on any atom is 0.264 e. The monoisotopic (exact) mass is 291 g/mol. The minimum Gasteiger partial charge on any atom is -0.485 e. The van der Waals surface area contributed by atoms with Crippen LogP contribution in [0.5, 0.6) is 11.5 Å². The Balaban J connectivity index is 1.48. The normalized spacial score (nSPS) is 28.0. The molecule has 2 aliphatic rings. The van der Waals surface area contributed by atoms with Crippen LogP contribution in [-0.2, 0) is 4.79 Å². The molecule has 1 amide bonds. The molecule has 0 spiro atoms. The number of ether oxygens (including phenoxy) is 2. The molecule has 5 heteroatoms. The highest BCUT2D eigenvalue weighted by atomic mass is 16.6. The lowest BCUT2D eigenvalue weighted by atomic mass is 9.87. The average molecular weight is 291 g/mol. The minimum atomic E-state index is -0.589. The van der Waals surface area contributed by atoms with Crippen molar-refractivity contribution in [1.29, 1.82) is 0 Å². The van der Waals surface area contributed by atoms with Crippen molar-refractivity contribution in [3.05, 3.63) is 24.3 Å². The van der Waals surface area contributed by atoms with Gasteiger partial charge in [-0.15, -0.1) is 0 Å². The summed E-state index contributed by atoms with van der Waals surface area (Å²) >= 11 is 0. The number of aliphatic hydroxyl groups is 1. The van der Waals surface area contributed by atoms with E-state index in [4.69, 9.17) is 9.47 Å². The van der Waals surface area contributed by atoms with Crippen molar-refractivity contribution in [1.82, 2.24) is 5.32 Å². The zero-order valence-electron chi connectivity index (χ0n) is 12.0. The molecular weight excluding hydrogens is 270 g/mol. The number of amides is 1. The van der Waals surface area contributed by atoms with Gasteiger partial charge in [0.25, 0.3) is 5.91 Å². The maximum atomic E-state index is 12.1. The number of rotatable bonds is 3. The van der Waals surface area contributed by atoms with Crippen LogP contribution in [0.15, 0.2) is 24.3 Å². The van der Waals surface area contributed by atoms with E-state index in [1.807, 2.05) is 18.2 Å². The molecule has 2 N–H and O–H groups in total. The Labute approximate surface area is 124 Å². The predicted octanol–water partition coefficient (Wildman–Crippen LogP) is 1.49. The predicted molar refractivity (Wildman–Crippen MR) is 77.3 cm³/mol. The van der Waals surface area contributed by atoms with Crippen LogP contribution >= 0.6 is 0 Å². The van der Waals surface area contributed by atoms with Gasteiger partial charge in [-0.25, -0.2) is 0 Å². The third kappa shape index (κ3) is 3.47. The molecule has 1 aliphatic carbocycles. The molecule has 1 atom stereocenters. The summed E-state index contributed by atoms with van der Waals surface area (Å²) in [5, 5.41) is 12.4. The first-order chi connectivity index (χ1) is 10.2. The standard InChI is InChI=1S/C16H21NO4/c18-12-7-5-11(6-8-12)9-17-16(19)15-10-20-13-3-1-2-4-14(13)21-15/h1-4,11-12,15,18H,5-10H2,(H,17,19). The topological polar surface area (TPSA) is 67.8 Å². The number of benzene rings is 1. The third-order valence-corrected chi connectivity index (χ3v) is 4.18. The fraction of sp³-hybridized carbons (Fsp3) is 0.562. The van der Waals surface area contributed by atoms with Gasteiger partial charge >= 0.3 is 0 Å². The summed E-state index contributed by atoms with van der Waals surface area (Å²) in [5.74, 6) is 1.62. The Hall–Kier alpha value is -1.75. The second-order valence-corrected chi connectivity index (χ2v) is 5.78. The van der Waals surface area contributed by atoms with E-state index in [0.717, 1.165) is 25.7 Å². The molecule has 1 saturated carbocycles. The Morgan fingerprint density at radius 3 is 2.67 bits per heavy atom. The van der Waals surface area contributed by atoms with Crippen molar-refractivity contribution < 1.29 is 19.4 Å². The van der Waals surface area contributed by atoms with E-state index in [-0.39, 0.29) is 18.6 Å². The highest BCUT2D eigenvalue weighted by Crippen LogP contribution is 2.31. The molecule has 0 aromatic heterocycles. The van der Waals surface area contributed by atoms with Crippen molar-refractivity contribution in [2.24, 2.45) is 5.92 Å². The lowest BCUT2D eigenvalue weighted by molar-refractivity contribution is -0.130. The van der Waals surface area contributed by atoms with E-state index in [1.165, 1.54) is 0 Å². The lowest BCUT2D eigenvalue weighted by Gasteiger charge is -2.28. The largest absolute Gasteiger partial charge is 0.485 e. The van der Waals surface area contributed by atoms with Crippen LogP contribution in [0, 0.1) is 5.92 Å². The fourth-order valence-electron chi connectivity index (χ4n) is 2.86. The SMILES string of the molecule is O=C(NCC1CCC(O)CC1)C1COc2ccccc2O1. The molecule has 1 heterocycles. The van der Waals surface area contributed by atoms with Gasteiger partial charge in [0, 0.05) is 6.54 Å². The van der Waals surface area contributed by atoms with E-state index in [9.17, 15) is 9.90 Å². The molecule has 3 rings (SSSR count). The Bertz CT molecular complexity index is 497. The number of hydrogen-bond donors (Lipinski definition) is 2. The summed E-state index contributed by atoms with van der Waals surface area (Å²) in [4.78, 5) is 12.1. The van der Waals surface area contributed by atoms with Crippen molar-refractivity contribution in [3.63, 3.8) is 0 Å². The van der Waals surface area contributed by atoms with E-state index in [2.05, 4.69) is 5.32 Å². The van der Waals surface area contributed by atoms with E-state index in [1.54, 1.807) is 6.07 Å². The van der Waals surface area contributed by atoms with E-state index < -0.39 is 6.10 Å². The highest BCUT2D eigenvalue weighted by molar-refractivity contribution is 5.81. The quantitative estimate of drug-likeness (QED) is 0.885. The molecule has 1 aliphatic heterocycles. The van der Waals surface area contributed by atoms with Crippen molar-refractivity contribution in [2.45, 2.75) is 37.9 Å². The van der Waals surface area contributed by atoms with Gasteiger partial charge in [0.05, 0.1) is 6.10 Å². The summed E-state index contributed by atoms with van der Waals surface area (Å²) in [7, 11) is 0. The summed E-state index contributed by atoms with van der Waals surface area (Å²) in [6.07, 6.45) is 2.84. The van der Waals surface area contributed by atoms with Gasteiger partial charge in [-0.2, -0.15) is 0 Å². The van der Waals surface area contributed by atoms with Gasteiger partial charge in [-0.3, -0.25) is 4.79 Å². The fourth-order valence-corrected chi connectivity index (χ4v) is 2.86. The molecular formula is C16H21NO4. The first-order valence-corrected chi connectivity index (χ1v) is 7.56. The number of nitrogens with one attached hydrogen (secondary N) is 1. The minimum absolute atomic E-state index is 0.129. The average Bonchev–Trinajstić information content (AvgIpc) is 2.53. The number of para-hydroxylation sites is 2. The van der Waals surface area contributed by atoms with Gasteiger partial charge in [0.2, 0.25) is 6.10 Å². The summed E-state index contributed by atoms with van der Waals surface area (Å²) < 4.78 is 11.2. The van der Waals surface area contributed by atoms with Gasteiger partial charge in [0.1, 0.15) is 6.61 Å². The molecule has 21 heavy (non-hydrogen) atoms. The number of hydrogen-bond acceptors (Lipinski definition) is 4. The molecule has 1 aromatic carbocycles. The molecule has 1 aromatic rings. The van der Waals surface area contributed by atoms with Crippen LogP contribution < -0.4 is 14.8 Å². The first-order valence-electron chi connectivity index (χ1n) is 7.56. The Morgan fingerprint density at radius 1 is 1.19 bits per heavy atom. The summed E-state index contributed by atoms with van der Waals surface area (Å²) in [5.41, 5.74) is 0. The third-order valence-electron chi connectivity index (χ3n) is 4.18. The summed E-state index contributed by atoms with van der Waals surface area (Å²) in [6, 6.07) is 7.37. The zero-order valence-corrected chi connectivity index (χ0v) is 12.0. The van der Waals surface area contributed by atoms with Gasteiger partial charge < -0.3 is 19.9 Å². The van der Waals surface area contributed by atoms with Crippen molar-refractivity contribution >= 4 is 5.91 Å². The second-order valence-electron chi connectivity index (χ2n) is 5.78. The molecule has 114 valence electrons. The van der Waals surface area contributed by atoms with Crippen LogP contribution in [0.1, 0.15) is 25.7 Å². The number of carbonyl (C=O) groups excluding carboxylic acids is 1. The Morgan fingerprint density at radius 2 is 1.90 bits per heavy atom. The van der Waals surface area contributed by atoms with Crippen LogP contribution in [0.25, 0.3) is 0 Å². The number of carbonyl (C=O) groups is 1. The van der Waals surface area contributed by atoms with Gasteiger partial charge in [-0.05, 0) is 43.7 Å². The van der Waals surface area contributed by atoms with Crippen LogP contribution in [0.3, 0.4) is 0 Å². The van der Waals surface area contributed by atoms with Crippen LogP contribution in [0.2, 0.25) is 0 Å². The molecule has 0 bridgehead atoms. The van der Waals surface area contributed by atoms with Crippen molar-refractivity contribution in [2.75, 3.05) is 13.2 Å². The first kappa shape index (κ1) is 14.2.